The molecule has 1 aromatic heterocycles. The van der Waals surface area contributed by atoms with Crippen molar-refractivity contribution in [3.05, 3.63) is 41.4 Å². The Balaban J connectivity index is 1.78. The predicted molar refractivity (Wildman–Crippen MR) is 94.4 cm³/mol. The predicted octanol–water partition coefficient (Wildman–Crippen LogP) is 2.79. The number of rotatable bonds is 8. The van der Waals surface area contributed by atoms with E-state index in [9.17, 15) is 9.59 Å². The fourth-order valence-corrected chi connectivity index (χ4v) is 2.61. The minimum absolute atomic E-state index is 0.116. The van der Waals surface area contributed by atoms with E-state index in [1.165, 1.54) is 11.3 Å². The van der Waals surface area contributed by atoms with Gasteiger partial charge in [-0.25, -0.2) is 4.98 Å². The van der Waals surface area contributed by atoms with E-state index in [1.807, 2.05) is 24.3 Å². The number of amides is 2. The molecule has 0 bridgehead atoms. The van der Waals surface area contributed by atoms with Crippen LogP contribution in [0.25, 0.3) is 0 Å². The van der Waals surface area contributed by atoms with E-state index in [-0.39, 0.29) is 25.0 Å². The first-order valence-electron chi connectivity index (χ1n) is 7.78. The Labute approximate surface area is 145 Å². The Morgan fingerprint density at radius 2 is 2.08 bits per heavy atom. The van der Waals surface area contributed by atoms with E-state index in [0.29, 0.717) is 16.8 Å². The summed E-state index contributed by atoms with van der Waals surface area (Å²) < 4.78 is 5.61. The second-order valence-electron chi connectivity index (χ2n) is 5.30. The Kier molecular flexibility index (Phi) is 6.74. The van der Waals surface area contributed by atoms with Crippen LogP contribution in [0.15, 0.2) is 35.8 Å². The number of aromatic nitrogens is 1. The highest BCUT2D eigenvalue weighted by Gasteiger charge is 2.12. The summed E-state index contributed by atoms with van der Waals surface area (Å²) >= 11 is 1.32. The first-order chi connectivity index (χ1) is 11.6. The number of hydrogen-bond acceptors (Lipinski definition) is 5. The minimum atomic E-state index is -0.344. The molecule has 1 aromatic carbocycles. The van der Waals surface area contributed by atoms with Crippen LogP contribution in [0.2, 0.25) is 0 Å². The molecule has 0 aliphatic rings. The lowest BCUT2D eigenvalue weighted by molar-refractivity contribution is -0.125. The molecule has 0 spiro atoms. The zero-order valence-corrected chi connectivity index (χ0v) is 14.6. The maximum atomic E-state index is 11.8. The normalized spacial score (nSPS) is 11.6. The van der Waals surface area contributed by atoms with Gasteiger partial charge >= 0.3 is 0 Å². The van der Waals surface area contributed by atoms with Gasteiger partial charge in [0.15, 0.2) is 11.7 Å². The molecule has 0 fully saturated rings. The van der Waals surface area contributed by atoms with Crippen LogP contribution >= 0.6 is 11.3 Å². The van der Waals surface area contributed by atoms with Crippen molar-refractivity contribution >= 4 is 28.3 Å². The molecular formula is C17H21N3O3S. The highest BCUT2D eigenvalue weighted by atomic mass is 32.1. The Bertz CT molecular complexity index is 673. The molecule has 0 aliphatic heterocycles. The van der Waals surface area contributed by atoms with Gasteiger partial charge in [-0.1, -0.05) is 32.0 Å². The van der Waals surface area contributed by atoms with E-state index in [0.717, 1.165) is 12.0 Å². The third kappa shape index (κ3) is 5.34. The zero-order chi connectivity index (χ0) is 17.4. The van der Waals surface area contributed by atoms with Crippen LogP contribution in [-0.4, -0.2) is 29.9 Å². The van der Waals surface area contributed by atoms with Gasteiger partial charge in [-0.15, -0.1) is 11.3 Å². The molecule has 7 heteroatoms. The second kappa shape index (κ2) is 9.02. The van der Waals surface area contributed by atoms with Crippen LogP contribution in [0.1, 0.15) is 31.7 Å². The number of hydrogen-bond donors (Lipinski definition) is 2. The summed E-state index contributed by atoms with van der Waals surface area (Å²) in [5.41, 5.74) is 1.08. The average Bonchev–Trinajstić information content (AvgIpc) is 3.10. The molecule has 128 valence electrons. The highest BCUT2D eigenvalue weighted by molar-refractivity contribution is 7.13. The van der Waals surface area contributed by atoms with Crippen molar-refractivity contribution in [2.75, 3.05) is 18.5 Å². The van der Waals surface area contributed by atoms with Crippen molar-refractivity contribution in [2.24, 2.45) is 0 Å². The summed E-state index contributed by atoms with van der Waals surface area (Å²) in [5, 5.41) is 7.39. The molecule has 0 aliphatic carbocycles. The Morgan fingerprint density at radius 3 is 2.79 bits per heavy atom. The van der Waals surface area contributed by atoms with Gasteiger partial charge in [0.1, 0.15) is 5.75 Å². The van der Waals surface area contributed by atoms with Gasteiger partial charge in [0.25, 0.3) is 5.91 Å². The summed E-state index contributed by atoms with van der Waals surface area (Å²) in [7, 11) is 0. The Hall–Kier alpha value is -2.41. The standard InChI is InChI=1S/C17H21N3O3S/c1-3-12(2)13-6-4-5-7-14(13)23-11-16(22)19-10-15(21)20-17-18-8-9-24-17/h4-9,12H,3,10-11H2,1-2H3,(H,19,22)(H,18,20,21). The molecular weight excluding hydrogens is 326 g/mol. The average molecular weight is 347 g/mol. The third-order valence-electron chi connectivity index (χ3n) is 3.55. The summed E-state index contributed by atoms with van der Waals surface area (Å²) in [6.07, 6.45) is 2.59. The number of ether oxygens (including phenoxy) is 1. The molecule has 1 heterocycles. The first kappa shape index (κ1) is 17.9. The van der Waals surface area contributed by atoms with Gasteiger partial charge in [0.05, 0.1) is 6.54 Å². The monoisotopic (exact) mass is 347 g/mol. The number of anilines is 1. The molecule has 2 rings (SSSR count). The molecule has 2 amide bonds. The zero-order valence-electron chi connectivity index (χ0n) is 13.7. The molecule has 1 atom stereocenters. The van der Waals surface area contributed by atoms with Gasteiger partial charge in [-0.3, -0.25) is 9.59 Å². The van der Waals surface area contributed by atoms with Gasteiger partial charge in [0, 0.05) is 11.6 Å². The molecule has 0 saturated heterocycles. The van der Waals surface area contributed by atoms with Crippen LogP contribution in [-0.2, 0) is 9.59 Å². The molecule has 6 nitrogen and oxygen atoms in total. The summed E-state index contributed by atoms with van der Waals surface area (Å²) in [5.74, 6) is 0.393. The van der Waals surface area contributed by atoms with Crippen LogP contribution in [0.3, 0.4) is 0 Å². The second-order valence-corrected chi connectivity index (χ2v) is 6.19. The van der Waals surface area contributed by atoms with E-state index >= 15 is 0 Å². The van der Waals surface area contributed by atoms with Crippen molar-refractivity contribution in [1.29, 1.82) is 0 Å². The largest absolute Gasteiger partial charge is 0.483 e. The fourth-order valence-electron chi connectivity index (χ4n) is 2.06. The number of thiazole rings is 1. The lowest BCUT2D eigenvalue weighted by atomic mass is 9.98. The van der Waals surface area contributed by atoms with Crippen LogP contribution in [0.4, 0.5) is 5.13 Å². The maximum Gasteiger partial charge on any atom is 0.258 e. The quantitative estimate of drug-likeness (QED) is 0.769. The maximum absolute atomic E-state index is 11.8. The van der Waals surface area contributed by atoms with Crippen molar-refractivity contribution in [2.45, 2.75) is 26.2 Å². The van der Waals surface area contributed by atoms with Gasteiger partial charge < -0.3 is 15.4 Å². The van der Waals surface area contributed by atoms with Crippen LogP contribution in [0, 0.1) is 0 Å². The van der Waals surface area contributed by atoms with Gasteiger partial charge in [0.2, 0.25) is 5.91 Å². The highest BCUT2D eigenvalue weighted by Crippen LogP contribution is 2.28. The number of carbonyl (C=O) groups excluding carboxylic acids is 2. The molecule has 24 heavy (non-hydrogen) atoms. The van der Waals surface area contributed by atoms with Crippen molar-refractivity contribution in [3.8, 4) is 5.75 Å². The SMILES string of the molecule is CCC(C)c1ccccc1OCC(=O)NCC(=O)Nc1nccs1. The van der Waals surface area contributed by atoms with E-state index in [4.69, 9.17) is 4.74 Å². The minimum Gasteiger partial charge on any atom is -0.483 e. The first-order valence-corrected chi connectivity index (χ1v) is 8.66. The number of benzene rings is 1. The van der Waals surface area contributed by atoms with E-state index < -0.39 is 0 Å². The van der Waals surface area contributed by atoms with Crippen molar-refractivity contribution in [1.82, 2.24) is 10.3 Å². The summed E-state index contributed by atoms with van der Waals surface area (Å²) in [4.78, 5) is 27.5. The number of carbonyl (C=O) groups is 2. The third-order valence-corrected chi connectivity index (χ3v) is 4.23. The van der Waals surface area contributed by atoms with Crippen LogP contribution in [0.5, 0.6) is 5.75 Å². The smallest absolute Gasteiger partial charge is 0.258 e. The molecule has 2 N–H and O–H groups in total. The van der Waals surface area contributed by atoms with E-state index in [2.05, 4.69) is 29.5 Å². The van der Waals surface area contributed by atoms with Gasteiger partial charge in [-0.2, -0.15) is 0 Å². The lowest BCUT2D eigenvalue weighted by Gasteiger charge is -2.15. The van der Waals surface area contributed by atoms with E-state index in [1.54, 1.807) is 11.6 Å². The molecule has 1 unspecified atom stereocenters. The van der Waals surface area contributed by atoms with Crippen molar-refractivity contribution in [3.63, 3.8) is 0 Å². The summed E-state index contributed by atoms with van der Waals surface area (Å²) in [6.45, 7) is 3.98. The molecule has 2 aromatic rings. The molecule has 0 saturated carbocycles. The number of nitrogens with zero attached hydrogens (tertiary/aromatic N) is 1. The number of para-hydroxylation sites is 1. The topological polar surface area (TPSA) is 80.3 Å². The lowest BCUT2D eigenvalue weighted by Crippen LogP contribution is -2.35. The fraction of sp³-hybridized carbons (Fsp3) is 0.353. The van der Waals surface area contributed by atoms with Crippen molar-refractivity contribution < 1.29 is 14.3 Å². The molecule has 0 radical (unpaired) electrons. The summed E-state index contributed by atoms with van der Waals surface area (Å²) in [6, 6.07) is 7.69. The Morgan fingerprint density at radius 1 is 1.29 bits per heavy atom. The number of nitrogens with one attached hydrogen (secondary N) is 2. The van der Waals surface area contributed by atoms with Crippen LogP contribution < -0.4 is 15.4 Å². The van der Waals surface area contributed by atoms with Gasteiger partial charge in [-0.05, 0) is 24.0 Å².